The second-order valence-corrected chi connectivity index (χ2v) is 9.49. The summed E-state index contributed by atoms with van der Waals surface area (Å²) in [7, 11) is 0. The zero-order valence-corrected chi connectivity index (χ0v) is 23.0. The Balaban J connectivity index is 3.98. The van der Waals surface area contributed by atoms with Gasteiger partial charge in [0.1, 0.15) is 18.7 Å². The first-order valence-corrected chi connectivity index (χ1v) is 12.8. The molecule has 0 aromatic carbocycles. The molecule has 0 aliphatic carbocycles. The van der Waals surface area contributed by atoms with Crippen LogP contribution in [-0.4, -0.2) is 33.5 Å². The Labute approximate surface area is 214 Å². The summed E-state index contributed by atoms with van der Waals surface area (Å²) < 4.78 is 20.9. The van der Waals surface area contributed by atoms with E-state index in [2.05, 4.69) is 19.7 Å². The van der Waals surface area contributed by atoms with Crippen molar-refractivity contribution in [2.75, 3.05) is 19.8 Å². The van der Waals surface area contributed by atoms with Crippen LogP contribution in [0, 0.1) is 0 Å². The molecular formula is C27H45N3O6. The highest BCUT2D eigenvalue weighted by Crippen LogP contribution is 2.18. The lowest BCUT2D eigenvalue weighted by molar-refractivity contribution is -0.0356. The molecule has 0 aliphatic heterocycles. The van der Waals surface area contributed by atoms with Gasteiger partial charge < -0.3 is 14.2 Å². The third kappa shape index (κ3) is 8.87. The molecule has 0 saturated carbocycles. The van der Waals surface area contributed by atoms with E-state index in [1.54, 1.807) is 20.8 Å². The predicted octanol–water partition coefficient (Wildman–Crippen LogP) is 4.85. The highest BCUT2D eigenvalue weighted by Gasteiger charge is 2.29. The summed E-state index contributed by atoms with van der Waals surface area (Å²) in [6, 6.07) is 0. The van der Waals surface area contributed by atoms with Gasteiger partial charge in [-0.1, -0.05) is 76.5 Å². The number of nitrogens with zero attached hydrogens (tertiary/aromatic N) is 3. The highest BCUT2D eigenvalue weighted by atomic mass is 16.5. The lowest BCUT2D eigenvalue weighted by atomic mass is 10.2. The molecule has 0 N–H and O–H groups in total. The summed E-state index contributed by atoms with van der Waals surface area (Å²) >= 11 is 0. The van der Waals surface area contributed by atoms with Gasteiger partial charge in [-0.15, -0.1) is 0 Å². The van der Waals surface area contributed by atoms with Crippen LogP contribution in [0.2, 0.25) is 0 Å². The SMILES string of the molecule is C=C(C)COC(CCC)n1c(=O)n(C(CCC)OCC(=C)C)c(=O)n(C(CCC)OCC(=C)C)c1=O. The van der Waals surface area contributed by atoms with Crippen molar-refractivity contribution in [3.63, 3.8) is 0 Å². The van der Waals surface area contributed by atoms with E-state index in [4.69, 9.17) is 14.2 Å². The standard InChI is InChI=1S/C27H45N3O6/c1-10-13-22(34-16-19(4)5)28-25(31)29(23(14-11-2)35-17-20(6)7)27(33)30(26(28)32)24(15-12-3)36-18-21(8)9/h22-24H,4,6,8,10-18H2,1-3,5,7,9H3. The van der Waals surface area contributed by atoms with Crippen molar-refractivity contribution < 1.29 is 14.2 Å². The topological polar surface area (TPSA) is 93.7 Å². The summed E-state index contributed by atoms with van der Waals surface area (Å²) in [6.45, 7) is 23.3. The monoisotopic (exact) mass is 507 g/mol. The van der Waals surface area contributed by atoms with Gasteiger partial charge in [0.05, 0.1) is 19.8 Å². The Morgan fingerprint density at radius 1 is 0.583 bits per heavy atom. The number of ether oxygens (including phenoxy) is 3. The van der Waals surface area contributed by atoms with Crippen LogP contribution in [-0.2, 0) is 14.2 Å². The summed E-state index contributed by atoms with van der Waals surface area (Å²) in [5, 5.41) is 0. The molecule has 0 fully saturated rings. The molecule has 9 nitrogen and oxygen atoms in total. The van der Waals surface area contributed by atoms with E-state index < -0.39 is 35.8 Å². The summed E-state index contributed by atoms with van der Waals surface area (Å²) in [5.74, 6) is 0. The lowest BCUT2D eigenvalue weighted by Crippen LogP contribution is -2.58. The van der Waals surface area contributed by atoms with Crippen LogP contribution in [0.25, 0.3) is 0 Å². The zero-order chi connectivity index (χ0) is 27.4. The smallest absolute Gasteiger partial charge is 0.340 e. The molecule has 0 amide bonds. The maximum absolute atomic E-state index is 13.8. The minimum atomic E-state index is -0.878. The van der Waals surface area contributed by atoms with Gasteiger partial charge in [0.2, 0.25) is 0 Å². The third-order valence-electron chi connectivity index (χ3n) is 5.27. The Bertz CT molecular complexity index is 901. The maximum Gasteiger partial charge on any atom is 0.340 e. The van der Waals surface area contributed by atoms with Gasteiger partial charge in [-0.25, -0.2) is 28.1 Å². The van der Waals surface area contributed by atoms with Crippen molar-refractivity contribution in [2.45, 2.75) is 98.8 Å². The van der Waals surface area contributed by atoms with Crippen molar-refractivity contribution in [3.05, 3.63) is 67.9 Å². The fourth-order valence-corrected chi connectivity index (χ4v) is 3.65. The van der Waals surface area contributed by atoms with Crippen LogP contribution in [0.5, 0.6) is 0 Å². The highest BCUT2D eigenvalue weighted by molar-refractivity contribution is 4.91. The molecule has 36 heavy (non-hydrogen) atoms. The molecule has 204 valence electrons. The first-order chi connectivity index (χ1) is 17.0. The molecule has 0 radical (unpaired) electrons. The molecule has 1 aromatic rings. The van der Waals surface area contributed by atoms with E-state index in [1.165, 1.54) is 0 Å². The van der Waals surface area contributed by atoms with Crippen molar-refractivity contribution in [1.29, 1.82) is 0 Å². The molecule has 0 spiro atoms. The van der Waals surface area contributed by atoms with Crippen LogP contribution in [0.15, 0.2) is 50.8 Å². The summed E-state index contributed by atoms with van der Waals surface area (Å²) in [5.41, 5.74) is -0.0505. The Kier molecular flexibility index (Phi) is 13.7. The van der Waals surface area contributed by atoms with Crippen LogP contribution in [0.3, 0.4) is 0 Å². The van der Waals surface area contributed by atoms with E-state index in [1.807, 2.05) is 20.8 Å². The third-order valence-corrected chi connectivity index (χ3v) is 5.27. The molecule has 0 saturated heterocycles. The first kappa shape index (κ1) is 31.5. The maximum atomic E-state index is 13.8. The van der Waals surface area contributed by atoms with Crippen molar-refractivity contribution >= 4 is 0 Å². The van der Waals surface area contributed by atoms with Crippen molar-refractivity contribution in [2.24, 2.45) is 0 Å². The van der Waals surface area contributed by atoms with Crippen LogP contribution in [0.4, 0.5) is 0 Å². The van der Waals surface area contributed by atoms with E-state index >= 15 is 0 Å². The minimum Gasteiger partial charge on any atom is -0.353 e. The second kappa shape index (κ2) is 15.6. The molecule has 1 rings (SSSR count). The number of hydrogen-bond donors (Lipinski definition) is 0. The fraction of sp³-hybridized carbons (Fsp3) is 0.667. The number of aromatic nitrogens is 3. The molecule has 1 aromatic heterocycles. The summed E-state index contributed by atoms with van der Waals surface area (Å²) in [6.07, 6.45) is 0.526. The fourth-order valence-electron chi connectivity index (χ4n) is 3.65. The van der Waals surface area contributed by atoms with Gasteiger partial charge in [0, 0.05) is 0 Å². The van der Waals surface area contributed by atoms with Crippen LogP contribution in [0.1, 0.15) is 98.8 Å². The number of rotatable bonds is 18. The van der Waals surface area contributed by atoms with Gasteiger partial charge in [-0.3, -0.25) is 0 Å². The van der Waals surface area contributed by atoms with Crippen molar-refractivity contribution in [1.82, 2.24) is 13.7 Å². The van der Waals surface area contributed by atoms with Crippen LogP contribution < -0.4 is 17.1 Å². The molecule has 3 unspecified atom stereocenters. The minimum absolute atomic E-state index is 0.171. The zero-order valence-electron chi connectivity index (χ0n) is 23.0. The Morgan fingerprint density at radius 3 is 0.972 bits per heavy atom. The molecule has 0 bridgehead atoms. The quantitative estimate of drug-likeness (QED) is 0.264. The van der Waals surface area contributed by atoms with Gasteiger partial charge >= 0.3 is 17.1 Å². The largest absolute Gasteiger partial charge is 0.353 e. The first-order valence-electron chi connectivity index (χ1n) is 12.8. The van der Waals surface area contributed by atoms with Crippen LogP contribution >= 0.6 is 0 Å². The summed E-state index contributed by atoms with van der Waals surface area (Å²) in [4.78, 5) is 41.4. The second-order valence-electron chi connectivity index (χ2n) is 9.49. The van der Waals surface area contributed by atoms with Gasteiger partial charge in [0.15, 0.2) is 0 Å². The lowest BCUT2D eigenvalue weighted by Gasteiger charge is -2.27. The molecule has 1 heterocycles. The van der Waals surface area contributed by atoms with Crippen molar-refractivity contribution in [3.8, 4) is 0 Å². The predicted molar refractivity (Wildman–Crippen MR) is 143 cm³/mol. The van der Waals surface area contributed by atoms with E-state index in [-0.39, 0.29) is 19.8 Å². The molecular weight excluding hydrogens is 462 g/mol. The van der Waals surface area contributed by atoms with E-state index in [0.717, 1.165) is 30.4 Å². The Morgan fingerprint density at radius 2 is 0.806 bits per heavy atom. The van der Waals surface area contributed by atoms with Gasteiger partial charge in [0.25, 0.3) is 0 Å². The van der Waals surface area contributed by atoms with E-state index in [0.29, 0.717) is 38.5 Å². The van der Waals surface area contributed by atoms with Gasteiger partial charge in [-0.2, -0.15) is 0 Å². The molecule has 0 aliphatic rings. The van der Waals surface area contributed by atoms with Gasteiger partial charge in [-0.05, 0) is 40.0 Å². The molecule has 3 atom stereocenters. The average molecular weight is 508 g/mol. The normalized spacial score (nSPS) is 13.8. The Hall–Kier alpha value is -2.49. The average Bonchev–Trinajstić information content (AvgIpc) is 2.79. The molecule has 9 heteroatoms. The number of hydrogen-bond acceptors (Lipinski definition) is 6. The van der Waals surface area contributed by atoms with E-state index in [9.17, 15) is 14.4 Å².